The van der Waals surface area contributed by atoms with E-state index in [4.69, 9.17) is 9.26 Å². The summed E-state index contributed by atoms with van der Waals surface area (Å²) in [6, 6.07) is 10.1. The number of ether oxygens (including phenoxy) is 1. The molecule has 21 heavy (non-hydrogen) atoms. The van der Waals surface area contributed by atoms with Crippen LogP contribution < -0.4 is 0 Å². The van der Waals surface area contributed by atoms with Crippen molar-refractivity contribution in [2.75, 3.05) is 0 Å². The standard InChI is InChI=1S/C17H18N2O2/c1-4-5-17(18-3)20-12-15-8-6-14(7-9-15)11-16-10-13(2)21-19-16/h4-10H,1,3,11-12H2,2H3/b17-5+. The molecule has 0 N–H and O–H groups in total. The van der Waals surface area contributed by atoms with E-state index in [9.17, 15) is 0 Å². The summed E-state index contributed by atoms with van der Waals surface area (Å²) in [6.45, 7) is 9.38. The van der Waals surface area contributed by atoms with Crippen LogP contribution in [0.4, 0.5) is 0 Å². The van der Waals surface area contributed by atoms with Gasteiger partial charge in [-0.3, -0.25) is 0 Å². The van der Waals surface area contributed by atoms with Crippen molar-refractivity contribution >= 4 is 6.72 Å². The highest BCUT2D eigenvalue weighted by molar-refractivity contribution is 5.29. The largest absolute Gasteiger partial charge is 0.473 e. The minimum absolute atomic E-state index is 0.446. The zero-order valence-corrected chi connectivity index (χ0v) is 12.1. The summed E-state index contributed by atoms with van der Waals surface area (Å²) in [7, 11) is 0. The van der Waals surface area contributed by atoms with Gasteiger partial charge in [-0.15, -0.1) is 0 Å². The SMILES string of the molecule is C=C/C=C(\N=C)OCc1ccc(Cc2cc(C)on2)cc1. The number of aryl methyl sites for hydroxylation is 1. The van der Waals surface area contributed by atoms with Crippen molar-refractivity contribution in [1.29, 1.82) is 0 Å². The Labute approximate surface area is 124 Å². The highest BCUT2D eigenvalue weighted by atomic mass is 16.5. The van der Waals surface area contributed by atoms with Crippen LogP contribution in [0.25, 0.3) is 0 Å². The lowest BCUT2D eigenvalue weighted by Gasteiger charge is -2.06. The summed E-state index contributed by atoms with van der Waals surface area (Å²) >= 11 is 0. The average Bonchev–Trinajstić information content (AvgIpc) is 2.90. The van der Waals surface area contributed by atoms with Gasteiger partial charge in [0, 0.05) is 12.5 Å². The Bertz CT molecular complexity index is 639. The third kappa shape index (κ3) is 4.45. The smallest absolute Gasteiger partial charge is 0.212 e. The Balaban J connectivity index is 1.94. The van der Waals surface area contributed by atoms with Gasteiger partial charge in [0.05, 0.1) is 5.69 Å². The first-order chi connectivity index (χ1) is 10.2. The predicted octanol–water partition coefficient (Wildman–Crippen LogP) is 3.82. The number of hydrogen-bond donors (Lipinski definition) is 0. The minimum atomic E-state index is 0.446. The third-order valence-corrected chi connectivity index (χ3v) is 2.89. The van der Waals surface area contributed by atoms with Crippen LogP contribution in [0.3, 0.4) is 0 Å². The van der Waals surface area contributed by atoms with Crippen molar-refractivity contribution in [3.05, 3.63) is 77.5 Å². The zero-order chi connectivity index (χ0) is 15.1. The van der Waals surface area contributed by atoms with Crippen molar-refractivity contribution in [3.8, 4) is 0 Å². The minimum Gasteiger partial charge on any atom is -0.473 e. The van der Waals surface area contributed by atoms with Crippen molar-refractivity contribution in [3.63, 3.8) is 0 Å². The molecule has 0 aliphatic rings. The second-order valence-corrected chi connectivity index (χ2v) is 4.61. The van der Waals surface area contributed by atoms with Gasteiger partial charge >= 0.3 is 0 Å². The summed E-state index contributed by atoms with van der Waals surface area (Å²) in [5.74, 6) is 1.29. The molecule has 0 aliphatic heterocycles. The van der Waals surface area contributed by atoms with Crippen LogP contribution in [0.15, 0.2) is 64.5 Å². The van der Waals surface area contributed by atoms with Crippen LogP contribution in [-0.2, 0) is 17.8 Å². The average molecular weight is 282 g/mol. The van der Waals surface area contributed by atoms with Gasteiger partial charge in [-0.25, -0.2) is 4.99 Å². The van der Waals surface area contributed by atoms with Gasteiger partial charge < -0.3 is 9.26 Å². The van der Waals surface area contributed by atoms with Gasteiger partial charge in [-0.2, -0.15) is 0 Å². The van der Waals surface area contributed by atoms with Gasteiger partial charge in [0.1, 0.15) is 12.4 Å². The lowest BCUT2D eigenvalue weighted by atomic mass is 10.1. The number of benzene rings is 1. The molecule has 0 fully saturated rings. The number of rotatable bonds is 7. The summed E-state index contributed by atoms with van der Waals surface area (Å²) < 4.78 is 10.6. The van der Waals surface area contributed by atoms with Crippen molar-refractivity contribution in [2.45, 2.75) is 20.0 Å². The number of hydrogen-bond acceptors (Lipinski definition) is 4. The van der Waals surface area contributed by atoms with E-state index in [0.29, 0.717) is 12.5 Å². The molecule has 1 aromatic heterocycles. The lowest BCUT2D eigenvalue weighted by molar-refractivity contribution is 0.197. The van der Waals surface area contributed by atoms with Gasteiger partial charge in [-0.05, 0) is 30.8 Å². The molecule has 0 saturated carbocycles. The Morgan fingerprint density at radius 1 is 1.33 bits per heavy atom. The van der Waals surface area contributed by atoms with E-state index in [-0.39, 0.29) is 0 Å². The van der Waals surface area contributed by atoms with Crippen LogP contribution in [0.1, 0.15) is 22.6 Å². The molecular formula is C17H18N2O2. The molecular weight excluding hydrogens is 264 g/mol. The number of nitrogens with zero attached hydrogens (tertiary/aromatic N) is 2. The molecule has 0 bridgehead atoms. The Morgan fingerprint density at radius 2 is 2.05 bits per heavy atom. The van der Waals surface area contributed by atoms with E-state index < -0.39 is 0 Å². The van der Waals surface area contributed by atoms with Crippen molar-refractivity contribution in [1.82, 2.24) is 5.16 Å². The molecule has 0 aliphatic carbocycles. The van der Waals surface area contributed by atoms with Crippen LogP contribution in [0, 0.1) is 6.92 Å². The highest BCUT2D eigenvalue weighted by Gasteiger charge is 2.03. The molecule has 0 spiro atoms. The molecule has 4 heteroatoms. The summed E-state index contributed by atoms with van der Waals surface area (Å²) in [6.07, 6.45) is 4.05. The third-order valence-electron chi connectivity index (χ3n) is 2.89. The normalized spacial score (nSPS) is 11.2. The molecule has 108 valence electrons. The fourth-order valence-corrected chi connectivity index (χ4v) is 1.87. The zero-order valence-electron chi connectivity index (χ0n) is 12.1. The number of aromatic nitrogens is 1. The summed E-state index contributed by atoms with van der Waals surface area (Å²) in [5, 5.41) is 3.99. The predicted molar refractivity (Wildman–Crippen MR) is 83.1 cm³/mol. The van der Waals surface area contributed by atoms with E-state index in [2.05, 4.69) is 35.6 Å². The maximum atomic E-state index is 5.51. The van der Waals surface area contributed by atoms with E-state index >= 15 is 0 Å². The Morgan fingerprint density at radius 3 is 2.62 bits per heavy atom. The van der Waals surface area contributed by atoms with E-state index in [0.717, 1.165) is 23.4 Å². The molecule has 1 aromatic carbocycles. The van der Waals surface area contributed by atoms with E-state index in [1.54, 1.807) is 12.2 Å². The molecule has 1 heterocycles. The molecule has 2 aromatic rings. The second kappa shape index (κ2) is 7.24. The number of allylic oxidation sites excluding steroid dienone is 2. The van der Waals surface area contributed by atoms with E-state index in [1.165, 1.54) is 5.56 Å². The monoisotopic (exact) mass is 282 g/mol. The fourth-order valence-electron chi connectivity index (χ4n) is 1.87. The van der Waals surface area contributed by atoms with E-state index in [1.807, 2.05) is 25.1 Å². The molecule has 0 unspecified atom stereocenters. The van der Waals surface area contributed by atoms with Crippen LogP contribution in [0.2, 0.25) is 0 Å². The molecule has 0 amide bonds. The molecule has 0 saturated heterocycles. The quantitative estimate of drug-likeness (QED) is 0.440. The number of aliphatic imine (C=N–C) groups is 1. The molecule has 0 radical (unpaired) electrons. The van der Waals surface area contributed by atoms with Crippen LogP contribution in [0.5, 0.6) is 0 Å². The molecule has 2 rings (SSSR count). The highest BCUT2D eigenvalue weighted by Crippen LogP contribution is 2.13. The topological polar surface area (TPSA) is 47.6 Å². The first kappa shape index (κ1) is 14.8. The molecule has 4 nitrogen and oxygen atoms in total. The Kier molecular flexibility index (Phi) is 5.10. The van der Waals surface area contributed by atoms with Gasteiger partial charge in [0.25, 0.3) is 0 Å². The fraction of sp³-hybridized carbons (Fsp3) is 0.176. The first-order valence-electron chi connectivity index (χ1n) is 6.63. The Hall–Kier alpha value is -2.62. The van der Waals surface area contributed by atoms with Gasteiger partial charge in [-0.1, -0.05) is 42.1 Å². The summed E-state index contributed by atoms with van der Waals surface area (Å²) in [4.78, 5) is 3.77. The maximum absolute atomic E-state index is 5.51. The first-order valence-corrected chi connectivity index (χ1v) is 6.63. The van der Waals surface area contributed by atoms with Crippen molar-refractivity contribution < 1.29 is 9.26 Å². The summed E-state index contributed by atoms with van der Waals surface area (Å²) in [5.41, 5.74) is 3.17. The van der Waals surface area contributed by atoms with Gasteiger partial charge in [0.2, 0.25) is 5.88 Å². The van der Waals surface area contributed by atoms with Crippen LogP contribution >= 0.6 is 0 Å². The van der Waals surface area contributed by atoms with Crippen molar-refractivity contribution in [2.24, 2.45) is 4.99 Å². The lowest BCUT2D eigenvalue weighted by Crippen LogP contribution is -1.93. The maximum Gasteiger partial charge on any atom is 0.212 e. The second-order valence-electron chi connectivity index (χ2n) is 4.61. The molecule has 0 atom stereocenters. The van der Waals surface area contributed by atoms with Crippen LogP contribution in [-0.4, -0.2) is 11.9 Å². The van der Waals surface area contributed by atoms with Gasteiger partial charge in [0.15, 0.2) is 0 Å².